The van der Waals surface area contributed by atoms with Gasteiger partial charge in [0, 0.05) is 5.57 Å². The van der Waals surface area contributed by atoms with Crippen molar-refractivity contribution < 1.29 is 4.79 Å². The van der Waals surface area contributed by atoms with Crippen molar-refractivity contribution in [3.63, 3.8) is 0 Å². The predicted molar refractivity (Wildman–Crippen MR) is 52.6 cm³/mol. The van der Waals surface area contributed by atoms with Gasteiger partial charge in [-0.25, -0.2) is 0 Å². The van der Waals surface area contributed by atoms with E-state index in [1.54, 1.807) is 0 Å². The summed E-state index contributed by atoms with van der Waals surface area (Å²) in [5.74, 6) is -0.383. The lowest BCUT2D eigenvalue weighted by atomic mass is 10.2. The number of rotatable bonds is 3. The molecule has 0 aliphatic carbocycles. The average Bonchev–Trinajstić information content (AvgIpc) is 1.86. The highest BCUT2D eigenvalue weighted by Crippen LogP contribution is 1.98. The van der Waals surface area contributed by atoms with Gasteiger partial charge in [0.05, 0.1) is 0 Å². The fraction of sp³-hybridized carbons (Fsp3) is 0.667. The van der Waals surface area contributed by atoms with E-state index in [0.29, 0.717) is 11.6 Å². The molecule has 0 radical (unpaired) electrons. The van der Waals surface area contributed by atoms with Gasteiger partial charge in [0.2, 0.25) is 5.91 Å². The minimum Gasteiger partial charge on any atom is -0.366 e. The van der Waals surface area contributed by atoms with E-state index in [0.717, 1.165) is 12.8 Å². The number of carbonyl (C=O) groups is 1. The summed E-state index contributed by atoms with van der Waals surface area (Å²) in [6.45, 7) is 9.34. The van der Waals surface area contributed by atoms with Crippen LogP contribution in [-0.4, -0.2) is 11.9 Å². The lowest BCUT2D eigenvalue weighted by molar-refractivity contribution is -0.114. The van der Waals surface area contributed by atoms with Crippen LogP contribution in [-0.2, 0) is 4.79 Å². The Morgan fingerprint density at radius 1 is 1.50 bits per heavy atom. The summed E-state index contributed by atoms with van der Waals surface area (Å²) in [6.07, 6.45) is 1.65. The molecule has 0 atom stereocenters. The van der Waals surface area contributed by atoms with E-state index >= 15 is 0 Å². The molecule has 3 nitrogen and oxygen atoms in total. The summed E-state index contributed by atoms with van der Waals surface area (Å²) in [5, 5.41) is 0. The van der Waals surface area contributed by atoms with Crippen LogP contribution in [0.2, 0.25) is 0 Å². The van der Waals surface area contributed by atoms with Crippen LogP contribution in [0.5, 0.6) is 0 Å². The molecule has 0 aromatic heterocycles. The maximum Gasteiger partial charge on any atom is 0.244 e. The zero-order valence-electron chi connectivity index (χ0n) is 8.26. The minimum atomic E-state index is -0.383. The molecule has 1 amide bonds. The number of hydrogen-bond acceptors (Lipinski definition) is 2. The first kappa shape index (κ1) is 13.7. The molecule has 3 heteroatoms. The quantitative estimate of drug-likeness (QED) is 0.628. The number of carbonyl (C=O) groups excluding carboxylic acids is 1. The predicted octanol–water partition coefficient (Wildman–Crippen LogP) is 1.18. The molecule has 0 bridgehead atoms. The van der Waals surface area contributed by atoms with Crippen molar-refractivity contribution in [2.75, 3.05) is 0 Å². The molecule has 0 aromatic carbocycles. The second-order valence-corrected chi connectivity index (χ2v) is 2.96. The van der Waals surface area contributed by atoms with E-state index in [1.165, 1.54) is 0 Å². The smallest absolute Gasteiger partial charge is 0.244 e. The molecular weight excluding hydrogens is 152 g/mol. The van der Waals surface area contributed by atoms with Crippen LogP contribution in [0.1, 0.15) is 33.6 Å². The molecule has 4 N–H and O–H groups in total. The lowest BCUT2D eigenvalue weighted by Gasteiger charge is -1.93. The lowest BCUT2D eigenvalue weighted by Crippen LogP contribution is -2.12. The maximum absolute atomic E-state index is 10.2. The summed E-state index contributed by atoms with van der Waals surface area (Å²) in [6, 6.07) is 0.333. The van der Waals surface area contributed by atoms with E-state index in [4.69, 9.17) is 11.5 Å². The van der Waals surface area contributed by atoms with E-state index < -0.39 is 0 Å². The number of hydrogen-bond donors (Lipinski definition) is 2. The molecule has 72 valence electrons. The zero-order chi connectivity index (χ0) is 10.1. The van der Waals surface area contributed by atoms with Gasteiger partial charge in [-0.1, -0.05) is 33.8 Å². The summed E-state index contributed by atoms with van der Waals surface area (Å²) in [4.78, 5) is 10.2. The molecule has 0 saturated heterocycles. The van der Waals surface area contributed by atoms with Crippen LogP contribution in [0.15, 0.2) is 12.2 Å². The first-order valence-corrected chi connectivity index (χ1v) is 4.15. The van der Waals surface area contributed by atoms with Crippen molar-refractivity contribution in [3.05, 3.63) is 12.2 Å². The van der Waals surface area contributed by atoms with E-state index in [1.807, 2.05) is 20.8 Å². The Bertz CT molecular complexity index is 139. The van der Waals surface area contributed by atoms with Crippen LogP contribution in [0.25, 0.3) is 0 Å². The third-order valence-corrected chi connectivity index (χ3v) is 0.900. The summed E-state index contributed by atoms with van der Waals surface area (Å²) < 4.78 is 0. The Balaban J connectivity index is 0. The third-order valence-electron chi connectivity index (χ3n) is 0.900. The summed E-state index contributed by atoms with van der Waals surface area (Å²) >= 11 is 0. The van der Waals surface area contributed by atoms with Crippen LogP contribution in [0.4, 0.5) is 0 Å². The fourth-order valence-electron chi connectivity index (χ4n) is 0.425. The van der Waals surface area contributed by atoms with Gasteiger partial charge in [-0.15, -0.1) is 0 Å². The van der Waals surface area contributed by atoms with Gasteiger partial charge in [-0.3, -0.25) is 4.79 Å². The van der Waals surface area contributed by atoms with E-state index in [9.17, 15) is 4.79 Å². The van der Waals surface area contributed by atoms with Gasteiger partial charge in [0.15, 0.2) is 0 Å². The highest BCUT2D eigenvalue weighted by molar-refractivity contribution is 5.91. The Kier molecular flexibility index (Phi) is 9.47. The van der Waals surface area contributed by atoms with Gasteiger partial charge < -0.3 is 11.5 Å². The van der Waals surface area contributed by atoms with Gasteiger partial charge in [0.25, 0.3) is 0 Å². The second-order valence-electron chi connectivity index (χ2n) is 2.96. The molecule has 0 unspecified atom stereocenters. The van der Waals surface area contributed by atoms with E-state index in [2.05, 4.69) is 6.58 Å². The van der Waals surface area contributed by atoms with Gasteiger partial charge >= 0.3 is 0 Å². The molecule has 0 aliphatic heterocycles. The molecule has 0 spiro atoms. The molecule has 0 fully saturated rings. The number of nitrogens with two attached hydrogens (primary N) is 2. The largest absolute Gasteiger partial charge is 0.366 e. The van der Waals surface area contributed by atoms with Gasteiger partial charge in [-0.05, 0) is 12.5 Å². The van der Waals surface area contributed by atoms with Crippen LogP contribution in [0, 0.1) is 0 Å². The van der Waals surface area contributed by atoms with Crippen LogP contribution < -0.4 is 11.5 Å². The molecule has 0 rings (SSSR count). The van der Waals surface area contributed by atoms with Gasteiger partial charge in [-0.2, -0.15) is 0 Å². The zero-order valence-corrected chi connectivity index (χ0v) is 8.26. The average molecular weight is 172 g/mol. The Labute approximate surface area is 74.8 Å². The first-order valence-electron chi connectivity index (χ1n) is 4.15. The van der Waals surface area contributed by atoms with Crippen molar-refractivity contribution >= 4 is 5.91 Å². The highest BCUT2D eigenvalue weighted by atomic mass is 16.1. The van der Waals surface area contributed by atoms with Crippen molar-refractivity contribution in [1.82, 2.24) is 0 Å². The number of primary amides is 1. The first-order chi connectivity index (χ1) is 5.41. The SMILES string of the molecule is C=C(CCC)C(N)=O.CC(C)N. The third kappa shape index (κ3) is 16.1. The topological polar surface area (TPSA) is 69.1 Å². The Hall–Kier alpha value is -0.830. The Morgan fingerprint density at radius 3 is 1.92 bits per heavy atom. The molecule has 0 heterocycles. The summed E-state index contributed by atoms with van der Waals surface area (Å²) in [7, 11) is 0. The molecule has 12 heavy (non-hydrogen) atoms. The van der Waals surface area contributed by atoms with Crippen molar-refractivity contribution in [3.8, 4) is 0 Å². The van der Waals surface area contributed by atoms with Crippen molar-refractivity contribution in [1.29, 1.82) is 0 Å². The fourth-order valence-corrected chi connectivity index (χ4v) is 0.425. The van der Waals surface area contributed by atoms with Gasteiger partial charge in [0.1, 0.15) is 0 Å². The van der Waals surface area contributed by atoms with E-state index in [-0.39, 0.29) is 5.91 Å². The van der Waals surface area contributed by atoms with Crippen molar-refractivity contribution in [2.24, 2.45) is 11.5 Å². The molecule has 0 aliphatic rings. The maximum atomic E-state index is 10.2. The second kappa shape index (κ2) is 8.27. The normalized spacial score (nSPS) is 8.75. The highest BCUT2D eigenvalue weighted by Gasteiger charge is 1.96. The monoisotopic (exact) mass is 172 g/mol. The Morgan fingerprint density at radius 2 is 1.83 bits per heavy atom. The molecule has 0 saturated carbocycles. The van der Waals surface area contributed by atoms with Crippen LogP contribution in [0.3, 0.4) is 0 Å². The minimum absolute atomic E-state index is 0.333. The van der Waals surface area contributed by atoms with Crippen molar-refractivity contribution in [2.45, 2.75) is 39.7 Å². The molecular formula is C9H20N2O. The number of amides is 1. The summed E-state index contributed by atoms with van der Waals surface area (Å²) in [5.41, 5.74) is 10.5. The molecule has 0 aromatic rings. The standard InChI is InChI=1S/C6H11NO.C3H9N/c1-3-4-5(2)6(7)8;1-3(2)4/h2-4H2,1H3,(H2,7,8);3H,4H2,1-2H3. The van der Waals surface area contributed by atoms with Crippen LogP contribution >= 0.6 is 0 Å².